The van der Waals surface area contributed by atoms with Crippen LogP contribution < -0.4 is 5.43 Å². The van der Waals surface area contributed by atoms with E-state index < -0.39 is 0 Å². The summed E-state index contributed by atoms with van der Waals surface area (Å²) in [4.78, 5) is 13.2. The SMILES string of the molecule is CC(C)c1cc(C(C)C)c(C(C)C)cc1-c1coc2cc(O)ccc2c1=O. The number of hydrogen-bond donors (Lipinski definition) is 1. The Labute approximate surface area is 160 Å². The summed E-state index contributed by atoms with van der Waals surface area (Å²) in [6.45, 7) is 13.1. The standard InChI is InChI=1S/C24H28O3/c1-13(2)18-10-20(15(5)6)21(11-19(18)14(3)4)22-12-27-23-9-16(25)7-8-17(23)24(22)26/h7-15,25H,1-6H3. The first-order valence-electron chi connectivity index (χ1n) is 9.63. The highest BCUT2D eigenvalue weighted by molar-refractivity contribution is 5.83. The summed E-state index contributed by atoms with van der Waals surface area (Å²) >= 11 is 0. The molecule has 1 heterocycles. The van der Waals surface area contributed by atoms with Crippen molar-refractivity contribution in [3.63, 3.8) is 0 Å². The van der Waals surface area contributed by atoms with Crippen LogP contribution in [-0.4, -0.2) is 5.11 Å². The van der Waals surface area contributed by atoms with Gasteiger partial charge >= 0.3 is 0 Å². The molecule has 0 atom stereocenters. The highest BCUT2D eigenvalue weighted by atomic mass is 16.3. The minimum atomic E-state index is -0.0647. The van der Waals surface area contributed by atoms with Crippen LogP contribution in [-0.2, 0) is 0 Å². The van der Waals surface area contributed by atoms with Gasteiger partial charge in [0, 0.05) is 6.07 Å². The van der Waals surface area contributed by atoms with E-state index in [-0.39, 0.29) is 17.1 Å². The number of fused-ring (bicyclic) bond motifs is 1. The van der Waals surface area contributed by atoms with Gasteiger partial charge in [-0.15, -0.1) is 0 Å². The Bertz CT molecular complexity index is 1040. The van der Waals surface area contributed by atoms with Crippen molar-refractivity contribution in [2.75, 3.05) is 0 Å². The Balaban J connectivity index is 2.35. The minimum absolute atomic E-state index is 0.0647. The van der Waals surface area contributed by atoms with Crippen LogP contribution in [0.2, 0.25) is 0 Å². The van der Waals surface area contributed by atoms with Crippen molar-refractivity contribution >= 4 is 11.0 Å². The van der Waals surface area contributed by atoms with Gasteiger partial charge in [-0.05, 0) is 52.1 Å². The lowest BCUT2D eigenvalue weighted by Gasteiger charge is -2.22. The van der Waals surface area contributed by atoms with Gasteiger partial charge in [0.1, 0.15) is 17.6 Å². The molecule has 0 spiro atoms. The first kappa shape index (κ1) is 19.2. The Morgan fingerprint density at radius 2 is 1.37 bits per heavy atom. The predicted octanol–water partition coefficient (Wildman–Crippen LogP) is 6.54. The highest BCUT2D eigenvalue weighted by Gasteiger charge is 2.20. The Kier molecular flexibility index (Phi) is 5.14. The number of rotatable bonds is 4. The largest absolute Gasteiger partial charge is 0.508 e. The van der Waals surface area contributed by atoms with Crippen LogP contribution in [0.5, 0.6) is 5.75 Å². The van der Waals surface area contributed by atoms with Gasteiger partial charge in [-0.25, -0.2) is 0 Å². The van der Waals surface area contributed by atoms with E-state index in [2.05, 4.69) is 53.7 Å². The molecule has 0 radical (unpaired) electrons. The molecule has 1 N–H and O–H groups in total. The number of phenolic OH excluding ortho intramolecular Hbond substituents is 1. The van der Waals surface area contributed by atoms with E-state index in [1.807, 2.05) is 0 Å². The normalized spacial score (nSPS) is 11.9. The topological polar surface area (TPSA) is 50.4 Å². The molecular formula is C24H28O3. The van der Waals surface area contributed by atoms with Crippen LogP contribution >= 0.6 is 0 Å². The fourth-order valence-corrected chi connectivity index (χ4v) is 3.66. The molecule has 2 aromatic carbocycles. The molecule has 27 heavy (non-hydrogen) atoms. The number of benzene rings is 2. The van der Waals surface area contributed by atoms with Crippen molar-refractivity contribution in [1.82, 2.24) is 0 Å². The van der Waals surface area contributed by atoms with Crippen LogP contribution in [0.1, 0.15) is 76.0 Å². The molecule has 0 saturated carbocycles. The van der Waals surface area contributed by atoms with Crippen molar-refractivity contribution in [2.24, 2.45) is 0 Å². The lowest BCUT2D eigenvalue weighted by Crippen LogP contribution is -2.09. The first-order chi connectivity index (χ1) is 12.7. The van der Waals surface area contributed by atoms with Crippen molar-refractivity contribution < 1.29 is 9.52 Å². The zero-order chi connectivity index (χ0) is 19.9. The van der Waals surface area contributed by atoms with Crippen LogP contribution in [0, 0.1) is 0 Å². The predicted molar refractivity (Wildman–Crippen MR) is 112 cm³/mol. The molecule has 3 rings (SSSR count). The molecule has 0 aliphatic heterocycles. The van der Waals surface area contributed by atoms with Crippen LogP contribution in [0.3, 0.4) is 0 Å². The summed E-state index contributed by atoms with van der Waals surface area (Å²) < 4.78 is 5.71. The summed E-state index contributed by atoms with van der Waals surface area (Å²) in [7, 11) is 0. The van der Waals surface area contributed by atoms with Gasteiger partial charge in [-0.2, -0.15) is 0 Å². The van der Waals surface area contributed by atoms with Gasteiger partial charge in [0.2, 0.25) is 5.43 Å². The van der Waals surface area contributed by atoms with Crippen LogP contribution in [0.15, 0.2) is 45.8 Å². The third-order valence-electron chi connectivity index (χ3n) is 5.17. The van der Waals surface area contributed by atoms with Crippen LogP contribution in [0.25, 0.3) is 22.1 Å². The van der Waals surface area contributed by atoms with Crippen molar-refractivity contribution in [3.05, 3.63) is 63.5 Å². The number of aromatic hydroxyl groups is 1. The monoisotopic (exact) mass is 364 g/mol. The van der Waals surface area contributed by atoms with E-state index >= 15 is 0 Å². The Hall–Kier alpha value is -2.55. The lowest BCUT2D eigenvalue weighted by atomic mass is 9.82. The van der Waals surface area contributed by atoms with E-state index in [0.29, 0.717) is 28.4 Å². The lowest BCUT2D eigenvalue weighted by molar-refractivity contribution is 0.474. The van der Waals surface area contributed by atoms with Gasteiger partial charge in [0.05, 0.1) is 10.9 Å². The molecule has 3 aromatic rings. The van der Waals surface area contributed by atoms with Gasteiger partial charge in [0.15, 0.2) is 0 Å². The van der Waals surface area contributed by atoms with Crippen molar-refractivity contribution in [3.8, 4) is 16.9 Å². The van der Waals surface area contributed by atoms with E-state index in [0.717, 1.165) is 11.1 Å². The van der Waals surface area contributed by atoms with Crippen LogP contribution in [0.4, 0.5) is 0 Å². The fraction of sp³-hybridized carbons (Fsp3) is 0.375. The maximum atomic E-state index is 13.2. The molecule has 3 heteroatoms. The number of phenols is 1. The average molecular weight is 364 g/mol. The summed E-state index contributed by atoms with van der Waals surface area (Å²) in [5.41, 5.74) is 5.63. The van der Waals surface area contributed by atoms with Gasteiger partial charge in [0.25, 0.3) is 0 Å². The molecular weight excluding hydrogens is 336 g/mol. The second-order valence-electron chi connectivity index (χ2n) is 8.19. The summed E-state index contributed by atoms with van der Waals surface area (Å²) in [5.74, 6) is 1.16. The molecule has 0 aliphatic rings. The summed E-state index contributed by atoms with van der Waals surface area (Å²) in [6, 6.07) is 9.06. The third kappa shape index (κ3) is 3.51. The second kappa shape index (κ2) is 7.22. The minimum Gasteiger partial charge on any atom is -0.508 e. The molecule has 142 valence electrons. The zero-order valence-corrected chi connectivity index (χ0v) is 17.0. The maximum absolute atomic E-state index is 13.2. The van der Waals surface area contributed by atoms with Crippen molar-refractivity contribution in [2.45, 2.75) is 59.3 Å². The zero-order valence-electron chi connectivity index (χ0n) is 17.0. The molecule has 0 amide bonds. The first-order valence-corrected chi connectivity index (χ1v) is 9.63. The molecule has 0 saturated heterocycles. The molecule has 0 aliphatic carbocycles. The van der Waals surface area contributed by atoms with E-state index in [4.69, 9.17) is 4.42 Å². The van der Waals surface area contributed by atoms with Gasteiger partial charge in [-0.3, -0.25) is 4.79 Å². The quantitative estimate of drug-likeness (QED) is 0.572. The Morgan fingerprint density at radius 3 is 1.96 bits per heavy atom. The second-order valence-corrected chi connectivity index (χ2v) is 8.19. The van der Waals surface area contributed by atoms with E-state index in [1.165, 1.54) is 29.5 Å². The highest BCUT2D eigenvalue weighted by Crippen LogP contribution is 2.36. The maximum Gasteiger partial charge on any atom is 0.200 e. The Morgan fingerprint density at radius 1 is 0.778 bits per heavy atom. The third-order valence-corrected chi connectivity index (χ3v) is 5.17. The van der Waals surface area contributed by atoms with E-state index in [9.17, 15) is 9.90 Å². The molecule has 1 aromatic heterocycles. The van der Waals surface area contributed by atoms with Crippen molar-refractivity contribution in [1.29, 1.82) is 0 Å². The van der Waals surface area contributed by atoms with Gasteiger partial charge in [-0.1, -0.05) is 53.7 Å². The molecule has 0 fully saturated rings. The smallest absolute Gasteiger partial charge is 0.200 e. The molecule has 0 bridgehead atoms. The summed E-state index contributed by atoms with van der Waals surface area (Å²) in [5, 5.41) is 10.1. The number of hydrogen-bond acceptors (Lipinski definition) is 3. The fourth-order valence-electron chi connectivity index (χ4n) is 3.66. The molecule has 0 unspecified atom stereocenters. The molecule has 3 nitrogen and oxygen atoms in total. The van der Waals surface area contributed by atoms with E-state index in [1.54, 1.807) is 6.07 Å². The average Bonchev–Trinajstić information content (AvgIpc) is 2.60. The summed E-state index contributed by atoms with van der Waals surface area (Å²) in [6.07, 6.45) is 1.53. The van der Waals surface area contributed by atoms with Gasteiger partial charge < -0.3 is 9.52 Å².